The molecule has 1 aromatic carbocycles. The van der Waals surface area contributed by atoms with Crippen molar-refractivity contribution in [1.82, 2.24) is 4.90 Å². The summed E-state index contributed by atoms with van der Waals surface area (Å²) in [5.74, 6) is -0.378. The maximum Gasteiger partial charge on any atom is 0.410 e. The zero-order valence-corrected chi connectivity index (χ0v) is 15.3. The van der Waals surface area contributed by atoms with Crippen LogP contribution in [0.3, 0.4) is 0 Å². The number of anilines is 2. The van der Waals surface area contributed by atoms with Crippen molar-refractivity contribution in [3.8, 4) is 0 Å². The Bertz CT molecular complexity index is 589. The number of carbonyl (C=O) groups is 1. The van der Waals surface area contributed by atoms with Gasteiger partial charge < -0.3 is 20.3 Å². The molecule has 1 aliphatic rings. The maximum absolute atomic E-state index is 13.5. The number of benzene rings is 1. The fraction of sp³-hybridized carbons (Fsp3) is 0.562. The summed E-state index contributed by atoms with van der Waals surface area (Å²) in [7, 11) is 0. The predicted molar refractivity (Wildman–Crippen MR) is 93.1 cm³/mol. The zero-order valence-electron chi connectivity index (χ0n) is 13.7. The third kappa shape index (κ3) is 4.73. The van der Waals surface area contributed by atoms with E-state index in [0.29, 0.717) is 29.8 Å². The highest BCUT2D eigenvalue weighted by Crippen LogP contribution is 2.30. The largest absolute Gasteiger partial charge is 0.444 e. The van der Waals surface area contributed by atoms with Crippen LogP contribution < -0.4 is 10.6 Å². The molecule has 0 aliphatic carbocycles. The van der Waals surface area contributed by atoms with Gasteiger partial charge >= 0.3 is 6.09 Å². The van der Waals surface area contributed by atoms with Gasteiger partial charge in [-0.2, -0.15) is 0 Å². The van der Waals surface area contributed by atoms with Gasteiger partial charge in [0.1, 0.15) is 11.4 Å². The summed E-state index contributed by atoms with van der Waals surface area (Å²) in [6.45, 7) is 8.11. The van der Waals surface area contributed by atoms with Crippen LogP contribution in [-0.2, 0) is 4.74 Å². The molecule has 1 fully saturated rings. The van der Waals surface area contributed by atoms with Crippen molar-refractivity contribution in [3.05, 3.63) is 22.4 Å². The van der Waals surface area contributed by atoms with E-state index in [1.54, 1.807) is 11.0 Å². The van der Waals surface area contributed by atoms with E-state index in [0.717, 1.165) is 18.7 Å². The van der Waals surface area contributed by atoms with Crippen LogP contribution in [0.15, 0.2) is 16.6 Å². The van der Waals surface area contributed by atoms with Crippen LogP contribution in [0.1, 0.15) is 27.2 Å². The number of amides is 1. The van der Waals surface area contributed by atoms with E-state index in [-0.39, 0.29) is 11.9 Å². The molecule has 0 aromatic heterocycles. The highest BCUT2D eigenvalue weighted by atomic mass is 79.9. The first kappa shape index (κ1) is 17.8. The summed E-state index contributed by atoms with van der Waals surface area (Å²) in [4.78, 5) is 16.0. The highest BCUT2D eigenvalue weighted by Gasteiger charge is 2.25. The van der Waals surface area contributed by atoms with E-state index < -0.39 is 5.60 Å². The highest BCUT2D eigenvalue weighted by molar-refractivity contribution is 9.10. The zero-order chi connectivity index (χ0) is 17.2. The first-order valence-electron chi connectivity index (χ1n) is 7.65. The molecular formula is C16H23BrFN3O2. The van der Waals surface area contributed by atoms with E-state index in [1.165, 1.54) is 6.07 Å². The number of nitrogens with two attached hydrogens (primary N) is 1. The van der Waals surface area contributed by atoms with E-state index in [4.69, 9.17) is 10.5 Å². The van der Waals surface area contributed by atoms with Gasteiger partial charge in [-0.05, 0) is 49.2 Å². The topological polar surface area (TPSA) is 58.8 Å². The van der Waals surface area contributed by atoms with E-state index in [9.17, 15) is 9.18 Å². The van der Waals surface area contributed by atoms with Crippen LogP contribution in [0.4, 0.5) is 20.6 Å². The second kappa shape index (κ2) is 6.95. The summed E-state index contributed by atoms with van der Waals surface area (Å²) in [6, 6.07) is 3.00. The third-order valence-corrected chi connectivity index (χ3v) is 4.17. The van der Waals surface area contributed by atoms with Crippen molar-refractivity contribution < 1.29 is 13.9 Å². The monoisotopic (exact) mass is 387 g/mol. The number of ether oxygens (including phenoxy) is 1. The quantitative estimate of drug-likeness (QED) is 0.747. The summed E-state index contributed by atoms with van der Waals surface area (Å²) < 4.78 is 19.3. The number of rotatable bonds is 1. The summed E-state index contributed by atoms with van der Waals surface area (Å²) >= 11 is 3.19. The van der Waals surface area contributed by atoms with Crippen molar-refractivity contribution in [2.75, 3.05) is 36.8 Å². The molecule has 128 valence electrons. The summed E-state index contributed by atoms with van der Waals surface area (Å²) in [6.07, 6.45) is 0.501. The first-order valence-corrected chi connectivity index (χ1v) is 8.44. The Morgan fingerprint density at radius 1 is 1.26 bits per heavy atom. The van der Waals surface area contributed by atoms with Gasteiger partial charge in [0.15, 0.2) is 0 Å². The lowest BCUT2D eigenvalue weighted by molar-refractivity contribution is 0.0263. The van der Waals surface area contributed by atoms with Crippen molar-refractivity contribution in [2.45, 2.75) is 32.8 Å². The van der Waals surface area contributed by atoms with Gasteiger partial charge in [-0.1, -0.05) is 0 Å². The molecule has 1 heterocycles. The smallest absolute Gasteiger partial charge is 0.410 e. The van der Waals surface area contributed by atoms with Crippen LogP contribution in [0.5, 0.6) is 0 Å². The first-order chi connectivity index (χ1) is 10.7. The molecule has 2 rings (SSSR count). The number of carbonyl (C=O) groups excluding carboxylic acids is 1. The van der Waals surface area contributed by atoms with E-state index in [2.05, 4.69) is 20.8 Å². The molecular weight excluding hydrogens is 365 g/mol. The average molecular weight is 388 g/mol. The van der Waals surface area contributed by atoms with Crippen molar-refractivity contribution in [1.29, 1.82) is 0 Å². The maximum atomic E-state index is 13.5. The molecule has 0 radical (unpaired) electrons. The molecule has 0 spiro atoms. The second-order valence-electron chi connectivity index (χ2n) is 6.63. The number of nitrogen functional groups attached to an aromatic ring is 1. The number of nitrogens with zero attached hydrogens (tertiary/aromatic N) is 2. The normalized spacial score (nSPS) is 16.2. The molecule has 1 aliphatic heterocycles. The van der Waals surface area contributed by atoms with Gasteiger partial charge in [0.05, 0.1) is 15.8 Å². The van der Waals surface area contributed by atoms with Crippen molar-refractivity contribution >= 4 is 33.4 Å². The van der Waals surface area contributed by atoms with Gasteiger partial charge in [-0.15, -0.1) is 0 Å². The van der Waals surface area contributed by atoms with Crippen LogP contribution >= 0.6 is 15.9 Å². The molecule has 23 heavy (non-hydrogen) atoms. The molecule has 7 heteroatoms. The Labute approximate surface area is 144 Å². The van der Waals surface area contributed by atoms with Crippen LogP contribution in [0.25, 0.3) is 0 Å². The van der Waals surface area contributed by atoms with Crippen LogP contribution in [0.2, 0.25) is 0 Å². The van der Waals surface area contributed by atoms with Crippen molar-refractivity contribution in [2.24, 2.45) is 0 Å². The lowest BCUT2D eigenvalue weighted by Gasteiger charge is -2.27. The Balaban J connectivity index is 2.07. The van der Waals surface area contributed by atoms with E-state index >= 15 is 0 Å². The van der Waals surface area contributed by atoms with Crippen molar-refractivity contribution in [3.63, 3.8) is 0 Å². The summed E-state index contributed by atoms with van der Waals surface area (Å²) in [5, 5.41) is 0. The fourth-order valence-electron chi connectivity index (χ4n) is 2.49. The molecule has 1 amide bonds. The molecule has 1 saturated heterocycles. The lowest BCUT2D eigenvalue weighted by Crippen LogP contribution is -2.39. The van der Waals surface area contributed by atoms with Gasteiger partial charge in [0.25, 0.3) is 0 Å². The molecule has 1 aromatic rings. The Morgan fingerprint density at radius 3 is 2.61 bits per heavy atom. The fourth-order valence-corrected chi connectivity index (χ4v) is 2.82. The minimum absolute atomic E-state index is 0.299. The molecule has 0 saturated carbocycles. The van der Waals surface area contributed by atoms with Crippen LogP contribution in [-0.4, -0.2) is 42.8 Å². The Morgan fingerprint density at radius 2 is 1.96 bits per heavy atom. The van der Waals surface area contributed by atoms with E-state index in [1.807, 2.05) is 20.8 Å². The van der Waals surface area contributed by atoms with Crippen LogP contribution in [0, 0.1) is 5.82 Å². The lowest BCUT2D eigenvalue weighted by atomic mass is 10.2. The average Bonchev–Trinajstić information content (AvgIpc) is 2.67. The number of halogens is 2. The van der Waals surface area contributed by atoms with Gasteiger partial charge in [0, 0.05) is 32.2 Å². The Hall–Kier alpha value is -1.50. The molecule has 0 atom stereocenters. The second-order valence-corrected chi connectivity index (χ2v) is 7.49. The SMILES string of the molecule is CC(C)(C)OC(=O)N1CCCN(c2cc(Br)c(F)cc2N)CC1. The molecule has 0 unspecified atom stereocenters. The third-order valence-electron chi connectivity index (χ3n) is 3.56. The minimum atomic E-state index is -0.505. The van der Waals surface area contributed by atoms with Gasteiger partial charge in [-0.25, -0.2) is 9.18 Å². The number of hydrogen-bond acceptors (Lipinski definition) is 4. The molecule has 2 N–H and O–H groups in total. The minimum Gasteiger partial charge on any atom is -0.444 e. The predicted octanol–water partition coefficient (Wildman–Crippen LogP) is 3.62. The molecule has 0 bridgehead atoms. The standard InChI is InChI=1S/C16H23BrFN3O2/c1-16(2,3)23-15(22)21-6-4-5-20(7-8-21)14-9-11(17)12(18)10-13(14)19/h9-10H,4-8,19H2,1-3H3. The molecule has 5 nitrogen and oxygen atoms in total. The van der Waals surface area contributed by atoms with Gasteiger partial charge in [0.2, 0.25) is 0 Å². The van der Waals surface area contributed by atoms with Gasteiger partial charge in [-0.3, -0.25) is 0 Å². The number of hydrogen-bond donors (Lipinski definition) is 1. The Kier molecular flexibility index (Phi) is 5.39. The summed E-state index contributed by atoms with van der Waals surface area (Å²) in [5.41, 5.74) is 6.62.